The molecule has 0 spiro atoms. The monoisotopic (exact) mass is 230 g/mol. The summed E-state index contributed by atoms with van der Waals surface area (Å²) in [6, 6.07) is 14.4. The molecular weight excluding hydrogens is 216 g/mol. The van der Waals surface area contributed by atoms with Crippen LogP contribution in [0.15, 0.2) is 47.4 Å². The van der Waals surface area contributed by atoms with E-state index in [1.54, 1.807) is 11.8 Å². The summed E-state index contributed by atoms with van der Waals surface area (Å²) < 4.78 is 0. The molecule has 0 aliphatic carbocycles. The van der Waals surface area contributed by atoms with Crippen molar-refractivity contribution in [3.63, 3.8) is 0 Å². The van der Waals surface area contributed by atoms with Crippen molar-refractivity contribution in [1.29, 1.82) is 0 Å². The fourth-order valence-electron chi connectivity index (χ4n) is 1.42. The van der Waals surface area contributed by atoms with Crippen molar-refractivity contribution in [3.05, 3.63) is 53.7 Å². The van der Waals surface area contributed by atoms with Crippen molar-refractivity contribution >= 4 is 17.6 Å². The molecular formula is C13H14N2S. The van der Waals surface area contributed by atoms with Crippen LogP contribution in [0.1, 0.15) is 11.3 Å². The summed E-state index contributed by atoms with van der Waals surface area (Å²) in [5.74, 6) is 1.55. The summed E-state index contributed by atoms with van der Waals surface area (Å²) in [7, 11) is 0. The van der Waals surface area contributed by atoms with Gasteiger partial charge in [-0.05, 0) is 24.6 Å². The molecule has 2 aromatic rings. The zero-order chi connectivity index (χ0) is 11.4. The van der Waals surface area contributed by atoms with E-state index in [0.717, 1.165) is 16.3 Å². The number of thioether (sulfide) groups is 1. The highest BCUT2D eigenvalue weighted by Crippen LogP contribution is 2.26. The first kappa shape index (κ1) is 11.0. The first-order chi connectivity index (χ1) is 7.75. The van der Waals surface area contributed by atoms with Gasteiger partial charge in [0.15, 0.2) is 0 Å². The second-order valence-corrected chi connectivity index (χ2v) is 4.63. The van der Waals surface area contributed by atoms with E-state index < -0.39 is 0 Å². The van der Waals surface area contributed by atoms with Gasteiger partial charge in [0.1, 0.15) is 5.82 Å². The zero-order valence-electron chi connectivity index (χ0n) is 9.18. The van der Waals surface area contributed by atoms with E-state index in [4.69, 9.17) is 5.73 Å². The Hall–Kier alpha value is -1.48. The molecule has 1 heterocycles. The predicted octanol–water partition coefficient (Wildman–Crippen LogP) is 3.26. The molecule has 0 amide bonds. The summed E-state index contributed by atoms with van der Waals surface area (Å²) in [6.45, 7) is 1.95. The van der Waals surface area contributed by atoms with E-state index in [9.17, 15) is 0 Å². The van der Waals surface area contributed by atoms with E-state index in [2.05, 4.69) is 17.1 Å². The molecule has 2 nitrogen and oxygen atoms in total. The van der Waals surface area contributed by atoms with Crippen molar-refractivity contribution in [1.82, 2.24) is 4.98 Å². The lowest BCUT2D eigenvalue weighted by Gasteiger charge is -2.05. The normalized spacial score (nSPS) is 10.3. The molecule has 0 radical (unpaired) electrons. The average molecular weight is 230 g/mol. The molecule has 1 aromatic heterocycles. The third kappa shape index (κ3) is 2.76. The number of pyridine rings is 1. The van der Waals surface area contributed by atoms with Gasteiger partial charge in [-0.1, -0.05) is 30.3 Å². The Labute approximate surface area is 99.9 Å². The van der Waals surface area contributed by atoms with E-state index in [-0.39, 0.29) is 0 Å². The zero-order valence-corrected chi connectivity index (χ0v) is 10.00. The van der Waals surface area contributed by atoms with Gasteiger partial charge >= 0.3 is 0 Å². The number of hydrogen-bond acceptors (Lipinski definition) is 3. The van der Waals surface area contributed by atoms with Crippen LogP contribution in [0.4, 0.5) is 5.82 Å². The summed E-state index contributed by atoms with van der Waals surface area (Å²) in [4.78, 5) is 5.29. The van der Waals surface area contributed by atoms with Gasteiger partial charge in [0.05, 0.1) is 0 Å². The standard InChI is InChI=1S/C13H14N2S/c1-10-7-8-12(13(14)15-10)16-9-11-5-3-2-4-6-11/h2-8H,9H2,1H3,(H2,14,15). The molecule has 0 bridgehead atoms. The highest BCUT2D eigenvalue weighted by molar-refractivity contribution is 7.98. The lowest BCUT2D eigenvalue weighted by Crippen LogP contribution is -1.94. The van der Waals surface area contributed by atoms with Gasteiger partial charge in [-0.25, -0.2) is 4.98 Å². The summed E-state index contributed by atoms with van der Waals surface area (Å²) in [5.41, 5.74) is 8.11. The number of anilines is 1. The Morgan fingerprint density at radius 2 is 1.88 bits per heavy atom. The summed E-state index contributed by atoms with van der Waals surface area (Å²) in [5, 5.41) is 0. The molecule has 0 saturated carbocycles. The molecule has 1 aromatic carbocycles. The van der Waals surface area contributed by atoms with E-state index in [1.807, 2.05) is 37.3 Å². The minimum Gasteiger partial charge on any atom is -0.383 e. The van der Waals surface area contributed by atoms with Gasteiger partial charge in [-0.3, -0.25) is 0 Å². The molecule has 2 N–H and O–H groups in total. The smallest absolute Gasteiger partial charge is 0.137 e. The molecule has 0 aliphatic rings. The average Bonchev–Trinajstić information content (AvgIpc) is 2.29. The number of nitrogen functional groups attached to an aromatic ring is 1. The predicted molar refractivity (Wildman–Crippen MR) is 69.4 cm³/mol. The van der Waals surface area contributed by atoms with Crippen LogP contribution < -0.4 is 5.73 Å². The Kier molecular flexibility index (Phi) is 3.47. The van der Waals surface area contributed by atoms with Gasteiger partial charge in [0, 0.05) is 16.3 Å². The molecule has 0 saturated heterocycles. The minimum absolute atomic E-state index is 0.626. The summed E-state index contributed by atoms with van der Waals surface area (Å²) >= 11 is 1.72. The van der Waals surface area contributed by atoms with Crippen LogP contribution in [-0.2, 0) is 5.75 Å². The van der Waals surface area contributed by atoms with Gasteiger partial charge in [-0.2, -0.15) is 0 Å². The number of aryl methyl sites for hydroxylation is 1. The van der Waals surface area contributed by atoms with Crippen LogP contribution in [0.5, 0.6) is 0 Å². The highest BCUT2D eigenvalue weighted by atomic mass is 32.2. The minimum atomic E-state index is 0.626. The van der Waals surface area contributed by atoms with Gasteiger partial charge in [0.2, 0.25) is 0 Å². The molecule has 0 fully saturated rings. The van der Waals surface area contributed by atoms with Gasteiger partial charge in [-0.15, -0.1) is 11.8 Å². The lowest BCUT2D eigenvalue weighted by atomic mass is 10.2. The number of nitrogens with two attached hydrogens (primary N) is 1. The van der Waals surface area contributed by atoms with Crippen LogP contribution >= 0.6 is 11.8 Å². The maximum Gasteiger partial charge on any atom is 0.137 e. The first-order valence-electron chi connectivity index (χ1n) is 5.15. The summed E-state index contributed by atoms with van der Waals surface area (Å²) in [6.07, 6.45) is 0. The number of aromatic nitrogens is 1. The number of rotatable bonds is 3. The maximum atomic E-state index is 5.85. The largest absolute Gasteiger partial charge is 0.383 e. The van der Waals surface area contributed by atoms with Crippen molar-refractivity contribution < 1.29 is 0 Å². The van der Waals surface area contributed by atoms with E-state index in [0.29, 0.717) is 5.82 Å². The van der Waals surface area contributed by atoms with Crippen molar-refractivity contribution in [2.24, 2.45) is 0 Å². The van der Waals surface area contributed by atoms with Crippen LogP contribution in [0.25, 0.3) is 0 Å². The van der Waals surface area contributed by atoms with Gasteiger partial charge < -0.3 is 5.73 Å². The molecule has 16 heavy (non-hydrogen) atoms. The quantitative estimate of drug-likeness (QED) is 0.822. The molecule has 0 atom stereocenters. The maximum absolute atomic E-state index is 5.85. The van der Waals surface area contributed by atoms with Crippen LogP contribution in [0, 0.1) is 6.92 Å². The number of benzene rings is 1. The van der Waals surface area contributed by atoms with Gasteiger partial charge in [0.25, 0.3) is 0 Å². The lowest BCUT2D eigenvalue weighted by molar-refractivity contribution is 1.16. The third-order valence-electron chi connectivity index (χ3n) is 2.26. The Bertz CT molecular complexity index is 469. The molecule has 3 heteroatoms. The van der Waals surface area contributed by atoms with E-state index in [1.165, 1.54) is 5.56 Å². The third-order valence-corrected chi connectivity index (χ3v) is 3.40. The molecule has 2 rings (SSSR count). The fourth-order valence-corrected chi connectivity index (χ4v) is 2.29. The Morgan fingerprint density at radius 3 is 2.56 bits per heavy atom. The number of hydrogen-bond donors (Lipinski definition) is 1. The van der Waals surface area contributed by atoms with Crippen LogP contribution in [0.2, 0.25) is 0 Å². The van der Waals surface area contributed by atoms with Crippen molar-refractivity contribution in [3.8, 4) is 0 Å². The van der Waals surface area contributed by atoms with Crippen molar-refractivity contribution in [2.45, 2.75) is 17.6 Å². The highest BCUT2D eigenvalue weighted by Gasteiger charge is 2.01. The van der Waals surface area contributed by atoms with Crippen LogP contribution in [0.3, 0.4) is 0 Å². The topological polar surface area (TPSA) is 38.9 Å². The SMILES string of the molecule is Cc1ccc(SCc2ccccc2)c(N)n1. The van der Waals surface area contributed by atoms with Crippen LogP contribution in [-0.4, -0.2) is 4.98 Å². The van der Waals surface area contributed by atoms with Crippen molar-refractivity contribution in [2.75, 3.05) is 5.73 Å². The fraction of sp³-hybridized carbons (Fsp3) is 0.154. The Balaban J connectivity index is 2.05. The second kappa shape index (κ2) is 5.03. The first-order valence-corrected chi connectivity index (χ1v) is 6.14. The molecule has 0 aliphatic heterocycles. The van der Waals surface area contributed by atoms with E-state index >= 15 is 0 Å². The molecule has 0 unspecified atom stereocenters. The number of nitrogens with zero attached hydrogens (tertiary/aromatic N) is 1. The second-order valence-electron chi connectivity index (χ2n) is 3.61. The Morgan fingerprint density at radius 1 is 1.12 bits per heavy atom. The molecule has 82 valence electrons.